The molecule has 7 nitrogen and oxygen atoms in total. The Hall–Kier alpha value is -2.12. The van der Waals surface area contributed by atoms with E-state index in [1.165, 1.54) is 20.8 Å². The normalized spacial score (nSPS) is 23.3. The van der Waals surface area contributed by atoms with Crippen molar-refractivity contribution in [2.75, 3.05) is 0 Å². The molecule has 0 saturated heterocycles. The van der Waals surface area contributed by atoms with Crippen molar-refractivity contribution in [2.24, 2.45) is 0 Å². The fourth-order valence-electron chi connectivity index (χ4n) is 3.16. The van der Waals surface area contributed by atoms with Gasteiger partial charge >= 0.3 is 12.1 Å². The summed E-state index contributed by atoms with van der Waals surface area (Å²) in [4.78, 5) is 36.4. The Kier molecular flexibility index (Phi) is 5.93. The van der Waals surface area contributed by atoms with Crippen molar-refractivity contribution < 1.29 is 29.0 Å². The quantitative estimate of drug-likeness (QED) is 0.612. The van der Waals surface area contributed by atoms with Crippen molar-refractivity contribution in [3.63, 3.8) is 0 Å². The molecule has 0 unspecified atom stereocenters. The number of aliphatic hydroxyl groups excluding tert-OH is 1. The Balaban J connectivity index is 2.34. The second-order valence-electron chi connectivity index (χ2n) is 6.67. The fraction of sp³-hybridized carbons (Fsp3) is 0.500. The number of carbonyl (C=O) groups is 3. The summed E-state index contributed by atoms with van der Waals surface area (Å²) in [6.45, 7) is 3.98. The van der Waals surface area contributed by atoms with Crippen LogP contribution >= 0.6 is 11.6 Å². The van der Waals surface area contributed by atoms with Crippen molar-refractivity contribution >= 4 is 29.4 Å². The molecule has 0 heterocycles. The van der Waals surface area contributed by atoms with Gasteiger partial charge in [0, 0.05) is 31.4 Å². The molecule has 1 aliphatic rings. The number of hydrogen-bond acceptors (Lipinski definition) is 6. The summed E-state index contributed by atoms with van der Waals surface area (Å²) in [6, 6.07) is 6.61. The molecule has 2 N–H and O–H groups in total. The van der Waals surface area contributed by atoms with E-state index < -0.39 is 35.3 Å². The third-order valence-electron chi connectivity index (χ3n) is 4.13. The fourth-order valence-corrected chi connectivity index (χ4v) is 3.45. The molecule has 1 fully saturated rings. The van der Waals surface area contributed by atoms with Gasteiger partial charge in [-0.05, 0) is 25.3 Å². The van der Waals surface area contributed by atoms with Crippen molar-refractivity contribution in [3.05, 3.63) is 34.9 Å². The molecule has 1 aromatic rings. The van der Waals surface area contributed by atoms with Crippen molar-refractivity contribution in [3.8, 4) is 0 Å². The molecule has 0 radical (unpaired) electrons. The predicted molar refractivity (Wildman–Crippen MR) is 93.5 cm³/mol. The van der Waals surface area contributed by atoms with Gasteiger partial charge in [0.05, 0.1) is 0 Å². The summed E-state index contributed by atoms with van der Waals surface area (Å²) in [5, 5.41) is 12.9. The molecular weight excluding hydrogens is 362 g/mol. The van der Waals surface area contributed by atoms with Crippen LogP contribution in [0.15, 0.2) is 24.3 Å². The minimum Gasteiger partial charge on any atom is -0.423 e. The first-order chi connectivity index (χ1) is 12.1. The Morgan fingerprint density at radius 2 is 1.96 bits per heavy atom. The highest BCUT2D eigenvalue weighted by Crippen LogP contribution is 2.38. The van der Waals surface area contributed by atoms with E-state index in [1.54, 1.807) is 24.3 Å². The number of nitrogens with one attached hydrogen (secondary N) is 1. The second-order valence-corrected chi connectivity index (χ2v) is 7.07. The summed E-state index contributed by atoms with van der Waals surface area (Å²) in [5.74, 6) is -2.69. The number of halogens is 1. The number of benzene rings is 1. The number of esters is 1. The zero-order valence-electron chi connectivity index (χ0n) is 14.9. The van der Waals surface area contributed by atoms with Crippen LogP contribution in [0.3, 0.4) is 0 Å². The van der Waals surface area contributed by atoms with Crippen molar-refractivity contribution in [1.82, 2.24) is 5.32 Å². The van der Waals surface area contributed by atoms with E-state index in [-0.39, 0.29) is 11.4 Å². The molecule has 0 aromatic heterocycles. The van der Waals surface area contributed by atoms with Gasteiger partial charge in [0.15, 0.2) is 5.78 Å². The highest BCUT2D eigenvalue weighted by Gasteiger charge is 2.48. The minimum absolute atomic E-state index is 0.260. The van der Waals surface area contributed by atoms with Crippen LogP contribution in [0.25, 0.3) is 0 Å². The van der Waals surface area contributed by atoms with E-state index in [4.69, 9.17) is 21.1 Å². The lowest BCUT2D eigenvalue weighted by molar-refractivity contribution is -0.192. The first-order valence-corrected chi connectivity index (χ1v) is 8.63. The van der Waals surface area contributed by atoms with Gasteiger partial charge < -0.3 is 19.9 Å². The first kappa shape index (κ1) is 20.2. The predicted octanol–water partition coefficient (Wildman–Crippen LogP) is 2.67. The van der Waals surface area contributed by atoms with Crippen molar-refractivity contribution in [2.45, 2.75) is 57.5 Å². The van der Waals surface area contributed by atoms with Crippen LogP contribution < -0.4 is 5.32 Å². The number of hydrogen-bond donors (Lipinski definition) is 2. The maximum atomic E-state index is 12.8. The molecule has 1 amide bonds. The Bertz CT molecular complexity index is 719. The molecule has 1 aromatic carbocycles. The van der Waals surface area contributed by atoms with Gasteiger partial charge in [-0.3, -0.25) is 9.59 Å². The highest BCUT2D eigenvalue weighted by atomic mass is 35.5. The van der Waals surface area contributed by atoms with E-state index in [2.05, 4.69) is 5.32 Å². The molecule has 8 heteroatoms. The lowest BCUT2D eigenvalue weighted by Crippen LogP contribution is -2.58. The number of Topliss-reactive ketones (excluding diaryl/α,β-unsaturated/α-hetero) is 1. The summed E-state index contributed by atoms with van der Waals surface area (Å²) < 4.78 is 10.1. The summed E-state index contributed by atoms with van der Waals surface area (Å²) in [6.07, 6.45) is -1.11. The summed E-state index contributed by atoms with van der Waals surface area (Å²) in [7, 11) is 0. The van der Waals surface area contributed by atoms with E-state index in [9.17, 15) is 19.5 Å². The van der Waals surface area contributed by atoms with Crippen LogP contribution in [0, 0.1) is 0 Å². The van der Waals surface area contributed by atoms with Gasteiger partial charge in [-0.15, -0.1) is 0 Å². The molecule has 0 bridgehead atoms. The Morgan fingerprint density at radius 1 is 1.31 bits per heavy atom. The van der Waals surface area contributed by atoms with Crippen LogP contribution in [0.4, 0.5) is 4.79 Å². The SMILES string of the molecule is CC(=O)OC(C)(C)OC(=O)N[C@@]1(c2ccccc2Cl)CCC[C@@H](O)C1=O. The zero-order valence-corrected chi connectivity index (χ0v) is 15.6. The zero-order chi connectivity index (χ0) is 19.5. The third-order valence-corrected chi connectivity index (χ3v) is 4.46. The average molecular weight is 384 g/mol. The van der Waals surface area contributed by atoms with E-state index in [0.29, 0.717) is 18.4 Å². The number of ketones is 1. The van der Waals surface area contributed by atoms with Gasteiger partial charge in [-0.2, -0.15) is 0 Å². The molecule has 2 rings (SSSR count). The minimum atomic E-state index is -1.52. The van der Waals surface area contributed by atoms with E-state index in [0.717, 1.165) is 0 Å². The van der Waals surface area contributed by atoms with Crippen molar-refractivity contribution in [1.29, 1.82) is 0 Å². The number of rotatable bonds is 4. The maximum Gasteiger partial charge on any atom is 0.411 e. The molecule has 1 aliphatic carbocycles. The van der Waals surface area contributed by atoms with Gasteiger partial charge in [0.1, 0.15) is 11.6 Å². The first-order valence-electron chi connectivity index (χ1n) is 8.25. The Morgan fingerprint density at radius 3 is 2.58 bits per heavy atom. The lowest BCUT2D eigenvalue weighted by Gasteiger charge is -2.39. The molecular formula is C18H22ClNO6. The topological polar surface area (TPSA) is 102 Å². The smallest absolute Gasteiger partial charge is 0.411 e. The van der Waals surface area contributed by atoms with Gasteiger partial charge in [-0.25, -0.2) is 4.79 Å². The number of aliphatic hydroxyl groups is 1. The molecule has 26 heavy (non-hydrogen) atoms. The van der Waals surface area contributed by atoms with Crippen LogP contribution in [-0.2, 0) is 24.6 Å². The third kappa shape index (κ3) is 4.34. The Labute approximate surface area is 156 Å². The average Bonchev–Trinajstić information content (AvgIpc) is 2.50. The van der Waals surface area contributed by atoms with Crippen LogP contribution in [0.1, 0.15) is 45.6 Å². The monoisotopic (exact) mass is 383 g/mol. The van der Waals surface area contributed by atoms with Crippen LogP contribution in [0.5, 0.6) is 0 Å². The van der Waals surface area contributed by atoms with E-state index in [1.807, 2.05) is 0 Å². The number of alkyl carbamates (subject to hydrolysis) is 1. The number of ether oxygens (including phenoxy) is 2. The molecule has 0 aliphatic heterocycles. The van der Waals surface area contributed by atoms with Gasteiger partial charge in [0.2, 0.25) is 0 Å². The second kappa shape index (κ2) is 7.63. The largest absolute Gasteiger partial charge is 0.423 e. The standard InChI is InChI=1S/C18H22ClNO6/c1-11(21)25-17(2,3)26-16(24)20-18(10-6-9-14(22)15(18)23)12-7-4-5-8-13(12)19/h4-5,7-8,14,22H,6,9-10H2,1-3H3,(H,20,24)/t14-,18-/m1/s1. The molecule has 0 spiro atoms. The number of carbonyl (C=O) groups excluding carboxylic acids is 3. The highest BCUT2D eigenvalue weighted by molar-refractivity contribution is 6.31. The van der Waals surface area contributed by atoms with Gasteiger partial charge in [-0.1, -0.05) is 29.8 Å². The number of amides is 1. The van der Waals surface area contributed by atoms with E-state index >= 15 is 0 Å². The molecule has 142 valence electrons. The maximum absolute atomic E-state index is 12.8. The van der Waals surface area contributed by atoms with Crippen LogP contribution in [-0.4, -0.2) is 34.8 Å². The molecule has 2 atom stereocenters. The lowest BCUT2D eigenvalue weighted by atomic mass is 9.74. The summed E-state index contributed by atoms with van der Waals surface area (Å²) in [5.41, 5.74) is -1.13. The van der Waals surface area contributed by atoms with Gasteiger partial charge in [0.25, 0.3) is 5.79 Å². The van der Waals surface area contributed by atoms with Crippen LogP contribution in [0.2, 0.25) is 5.02 Å². The molecule has 1 saturated carbocycles. The summed E-state index contributed by atoms with van der Waals surface area (Å²) >= 11 is 6.25.